The summed E-state index contributed by atoms with van der Waals surface area (Å²) in [5, 5.41) is 3.50. The summed E-state index contributed by atoms with van der Waals surface area (Å²) in [6.07, 6.45) is 2.81. The van der Waals surface area contributed by atoms with Crippen LogP contribution in [0, 0.1) is 0 Å². The Morgan fingerprint density at radius 3 is 2.59 bits per heavy atom. The Kier molecular flexibility index (Phi) is 4.15. The van der Waals surface area contributed by atoms with Gasteiger partial charge in [0.2, 0.25) is 0 Å². The van der Waals surface area contributed by atoms with E-state index in [1.54, 1.807) is 6.20 Å². The molecular formula is C14H15BrN2. The lowest BCUT2D eigenvalue weighted by molar-refractivity contribution is 0.748. The van der Waals surface area contributed by atoms with Crippen molar-refractivity contribution in [2.45, 2.75) is 19.4 Å². The molecule has 0 fully saturated rings. The maximum absolute atomic E-state index is 4.21. The molecule has 0 spiro atoms. The van der Waals surface area contributed by atoms with Gasteiger partial charge in [-0.3, -0.25) is 0 Å². The van der Waals surface area contributed by atoms with E-state index >= 15 is 0 Å². The number of halogens is 1. The lowest BCUT2D eigenvalue weighted by Crippen LogP contribution is -2.10. The molecule has 0 aliphatic rings. The van der Waals surface area contributed by atoms with Crippen molar-refractivity contribution >= 4 is 21.6 Å². The van der Waals surface area contributed by atoms with Gasteiger partial charge in [-0.05, 0) is 40.0 Å². The van der Waals surface area contributed by atoms with E-state index in [1.807, 2.05) is 18.2 Å². The summed E-state index contributed by atoms with van der Waals surface area (Å²) in [4.78, 5) is 4.21. The molecule has 1 aromatic carbocycles. The Hall–Kier alpha value is -1.35. The van der Waals surface area contributed by atoms with Gasteiger partial charge in [-0.15, -0.1) is 0 Å². The summed E-state index contributed by atoms with van der Waals surface area (Å²) in [7, 11) is 0. The summed E-state index contributed by atoms with van der Waals surface area (Å²) >= 11 is 3.45. The first kappa shape index (κ1) is 12.1. The predicted molar refractivity (Wildman–Crippen MR) is 75.0 cm³/mol. The van der Waals surface area contributed by atoms with Crippen LogP contribution in [0.5, 0.6) is 0 Å². The first-order valence-corrected chi connectivity index (χ1v) is 6.52. The predicted octanol–water partition coefficient (Wildman–Crippen LogP) is 4.41. The molecule has 0 bridgehead atoms. The highest BCUT2D eigenvalue weighted by atomic mass is 79.9. The normalized spacial score (nSPS) is 12.1. The zero-order valence-electron chi connectivity index (χ0n) is 9.73. The van der Waals surface area contributed by atoms with Crippen LogP contribution >= 0.6 is 15.9 Å². The zero-order valence-corrected chi connectivity index (χ0v) is 11.3. The first-order chi connectivity index (χ1) is 8.31. The van der Waals surface area contributed by atoms with E-state index in [4.69, 9.17) is 0 Å². The number of benzene rings is 1. The smallest absolute Gasteiger partial charge is 0.129 e. The van der Waals surface area contributed by atoms with Crippen LogP contribution in [0.4, 0.5) is 5.69 Å². The van der Waals surface area contributed by atoms with Crippen LogP contribution < -0.4 is 5.32 Å². The fourth-order valence-electron chi connectivity index (χ4n) is 1.79. The van der Waals surface area contributed by atoms with Crippen LogP contribution in [0.25, 0.3) is 0 Å². The van der Waals surface area contributed by atoms with Gasteiger partial charge in [0.15, 0.2) is 0 Å². The number of pyridine rings is 1. The van der Waals surface area contributed by atoms with Gasteiger partial charge in [0.25, 0.3) is 0 Å². The quantitative estimate of drug-likeness (QED) is 0.844. The minimum atomic E-state index is 0.316. The van der Waals surface area contributed by atoms with E-state index in [0.717, 1.165) is 16.7 Å². The van der Waals surface area contributed by atoms with Crippen molar-refractivity contribution < 1.29 is 0 Å². The second kappa shape index (κ2) is 5.82. The van der Waals surface area contributed by atoms with Crippen LogP contribution in [0.2, 0.25) is 0 Å². The Morgan fingerprint density at radius 2 is 1.94 bits per heavy atom. The summed E-state index contributed by atoms with van der Waals surface area (Å²) in [6.45, 7) is 2.18. The molecule has 0 amide bonds. The van der Waals surface area contributed by atoms with Crippen molar-refractivity contribution in [1.29, 1.82) is 0 Å². The van der Waals surface area contributed by atoms with E-state index in [2.05, 4.69) is 57.4 Å². The van der Waals surface area contributed by atoms with Crippen molar-refractivity contribution in [3.8, 4) is 0 Å². The summed E-state index contributed by atoms with van der Waals surface area (Å²) in [6, 6.07) is 14.7. The lowest BCUT2D eigenvalue weighted by atomic mass is 10.0. The highest BCUT2D eigenvalue weighted by molar-refractivity contribution is 9.10. The third-order valence-electron chi connectivity index (χ3n) is 2.70. The molecule has 1 unspecified atom stereocenters. The SMILES string of the molecule is CCC(Nc1cccnc1Br)c1ccccc1. The Bertz CT molecular complexity index is 471. The maximum atomic E-state index is 4.21. The average molecular weight is 291 g/mol. The van der Waals surface area contributed by atoms with Gasteiger partial charge in [0.1, 0.15) is 4.60 Å². The molecule has 1 atom stereocenters. The van der Waals surface area contributed by atoms with E-state index < -0.39 is 0 Å². The molecule has 0 radical (unpaired) electrons. The molecule has 0 saturated carbocycles. The Morgan fingerprint density at radius 1 is 1.18 bits per heavy atom. The van der Waals surface area contributed by atoms with Crippen molar-refractivity contribution in [3.05, 3.63) is 58.8 Å². The van der Waals surface area contributed by atoms with Crippen LogP contribution in [-0.4, -0.2) is 4.98 Å². The third-order valence-corrected chi connectivity index (χ3v) is 3.33. The van der Waals surface area contributed by atoms with E-state index in [1.165, 1.54) is 5.56 Å². The molecular weight excluding hydrogens is 276 g/mol. The van der Waals surface area contributed by atoms with Crippen molar-refractivity contribution in [3.63, 3.8) is 0 Å². The Balaban J connectivity index is 2.19. The summed E-state index contributed by atoms with van der Waals surface area (Å²) in [5.41, 5.74) is 2.33. The van der Waals surface area contributed by atoms with Crippen LogP contribution in [0.1, 0.15) is 24.9 Å². The molecule has 3 heteroatoms. The second-order valence-corrected chi connectivity index (χ2v) is 4.61. The molecule has 1 aromatic heterocycles. The van der Waals surface area contributed by atoms with Crippen molar-refractivity contribution in [2.24, 2.45) is 0 Å². The monoisotopic (exact) mass is 290 g/mol. The van der Waals surface area contributed by atoms with Crippen LogP contribution in [-0.2, 0) is 0 Å². The molecule has 2 rings (SSSR count). The molecule has 1 N–H and O–H groups in total. The fourth-order valence-corrected chi connectivity index (χ4v) is 2.15. The highest BCUT2D eigenvalue weighted by Crippen LogP contribution is 2.26. The second-order valence-electron chi connectivity index (χ2n) is 3.86. The number of rotatable bonds is 4. The standard InChI is InChI=1S/C14H15BrN2/c1-2-12(11-7-4-3-5-8-11)17-13-9-6-10-16-14(13)15/h3-10,12,17H,2H2,1H3. The summed E-state index contributed by atoms with van der Waals surface area (Å²) in [5.74, 6) is 0. The number of anilines is 1. The Labute approximate surface area is 110 Å². The molecule has 2 nitrogen and oxygen atoms in total. The van der Waals surface area contributed by atoms with Gasteiger partial charge in [-0.1, -0.05) is 37.3 Å². The van der Waals surface area contributed by atoms with Crippen LogP contribution in [0.3, 0.4) is 0 Å². The number of hydrogen-bond acceptors (Lipinski definition) is 2. The summed E-state index contributed by atoms with van der Waals surface area (Å²) < 4.78 is 0.856. The highest BCUT2D eigenvalue weighted by Gasteiger charge is 2.10. The molecule has 2 aromatic rings. The zero-order chi connectivity index (χ0) is 12.1. The number of hydrogen-bond donors (Lipinski definition) is 1. The minimum Gasteiger partial charge on any atom is -0.376 e. The van der Waals surface area contributed by atoms with Gasteiger partial charge in [0.05, 0.1) is 11.7 Å². The van der Waals surface area contributed by atoms with Crippen LogP contribution in [0.15, 0.2) is 53.3 Å². The van der Waals surface area contributed by atoms with E-state index in [-0.39, 0.29) is 0 Å². The average Bonchev–Trinajstić information content (AvgIpc) is 2.39. The molecule has 0 aliphatic heterocycles. The molecule has 88 valence electrons. The van der Waals surface area contributed by atoms with Gasteiger partial charge in [0, 0.05) is 6.20 Å². The topological polar surface area (TPSA) is 24.9 Å². The first-order valence-electron chi connectivity index (χ1n) is 5.73. The third kappa shape index (κ3) is 3.07. The lowest BCUT2D eigenvalue weighted by Gasteiger charge is -2.19. The number of aromatic nitrogens is 1. The number of nitrogens with zero attached hydrogens (tertiary/aromatic N) is 1. The number of nitrogens with one attached hydrogen (secondary N) is 1. The van der Waals surface area contributed by atoms with Crippen molar-refractivity contribution in [2.75, 3.05) is 5.32 Å². The molecule has 0 aliphatic carbocycles. The largest absolute Gasteiger partial charge is 0.376 e. The maximum Gasteiger partial charge on any atom is 0.129 e. The van der Waals surface area contributed by atoms with Crippen molar-refractivity contribution in [1.82, 2.24) is 4.98 Å². The fraction of sp³-hybridized carbons (Fsp3) is 0.214. The van der Waals surface area contributed by atoms with Gasteiger partial charge in [-0.25, -0.2) is 4.98 Å². The molecule has 1 heterocycles. The van der Waals surface area contributed by atoms with Gasteiger partial charge in [-0.2, -0.15) is 0 Å². The van der Waals surface area contributed by atoms with E-state index in [0.29, 0.717) is 6.04 Å². The van der Waals surface area contributed by atoms with Gasteiger partial charge >= 0.3 is 0 Å². The minimum absolute atomic E-state index is 0.316. The van der Waals surface area contributed by atoms with E-state index in [9.17, 15) is 0 Å². The molecule has 0 saturated heterocycles. The van der Waals surface area contributed by atoms with Gasteiger partial charge < -0.3 is 5.32 Å². The molecule has 17 heavy (non-hydrogen) atoms.